The highest BCUT2D eigenvalue weighted by atomic mass is 16.3. The fourth-order valence-corrected chi connectivity index (χ4v) is 2.32. The van der Waals surface area contributed by atoms with Gasteiger partial charge in [-0.1, -0.05) is 23.8 Å². The summed E-state index contributed by atoms with van der Waals surface area (Å²) in [5.41, 5.74) is 12.6. The molecule has 96 valence electrons. The zero-order valence-corrected chi connectivity index (χ0v) is 11.3. The summed E-state index contributed by atoms with van der Waals surface area (Å²) < 4.78 is 5.87. The monoisotopic (exact) mass is 252 g/mol. The van der Waals surface area contributed by atoms with Crippen LogP contribution in [-0.2, 0) is 0 Å². The summed E-state index contributed by atoms with van der Waals surface area (Å²) in [5.74, 6) is 0.624. The van der Waals surface area contributed by atoms with E-state index in [4.69, 9.17) is 10.2 Å². The van der Waals surface area contributed by atoms with Crippen molar-refractivity contribution in [3.05, 3.63) is 47.0 Å². The van der Waals surface area contributed by atoms with Crippen molar-refractivity contribution in [3.63, 3.8) is 0 Å². The molecule has 0 radical (unpaired) electrons. The summed E-state index contributed by atoms with van der Waals surface area (Å²) in [4.78, 5) is 4.58. The third kappa shape index (κ3) is 1.87. The van der Waals surface area contributed by atoms with E-state index in [-0.39, 0.29) is 0 Å². The van der Waals surface area contributed by atoms with E-state index in [0.29, 0.717) is 17.2 Å². The van der Waals surface area contributed by atoms with Gasteiger partial charge >= 0.3 is 0 Å². The minimum Gasteiger partial charge on any atom is -0.434 e. The van der Waals surface area contributed by atoms with Crippen LogP contribution >= 0.6 is 0 Å². The highest BCUT2D eigenvalue weighted by Crippen LogP contribution is 2.32. The number of nitrogens with two attached hydrogens (primary N) is 1. The van der Waals surface area contributed by atoms with E-state index in [9.17, 15) is 0 Å². The van der Waals surface area contributed by atoms with Crippen LogP contribution in [0.1, 0.15) is 16.7 Å². The number of nitrogen functional groups attached to an aromatic ring is 1. The van der Waals surface area contributed by atoms with Crippen molar-refractivity contribution in [3.8, 4) is 11.5 Å². The summed E-state index contributed by atoms with van der Waals surface area (Å²) in [7, 11) is 0. The lowest BCUT2D eigenvalue weighted by molar-refractivity contribution is 0.621. The first-order valence-electron chi connectivity index (χ1n) is 6.29. The first kappa shape index (κ1) is 11.8. The first-order valence-corrected chi connectivity index (χ1v) is 6.29. The second-order valence-electron chi connectivity index (χ2n) is 4.99. The van der Waals surface area contributed by atoms with Gasteiger partial charge in [0.1, 0.15) is 5.52 Å². The van der Waals surface area contributed by atoms with E-state index in [0.717, 1.165) is 22.2 Å². The van der Waals surface area contributed by atoms with Crippen molar-refractivity contribution < 1.29 is 4.42 Å². The van der Waals surface area contributed by atoms with Crippen LogP contribution in [0, 0.1) is 20.8 Å². The van der Waals surface area contributed by atoms with Gasteiger partial charge in [-0.05, 0) is 44.0 Å². The second kappa shape index (κ2) is 4.12. The lowest BCUT2D eigenvalue weighted by Crippen LogP contribution is -1.91. The number of benzene rings is 2. The molecule has 0 saturated heterocycles. The molecule has 3 heteroatoms. The molecule has 2 N–H and O–H groups in total. The summed E-state index contributed by atoms with van der Waals surface area (Å²) >= 11 is 0. The Morgan fingerprint density at radius 3 is 2.58 bits per heavy atom. The van der Waals surface area contributed by atoms with Gasteiger partial charge in [0.15, 0.2) is 5.58 Å². The molecule has 0 fully saturated rings. The van der Waals surface area contributed by atoms with Gasteiger partial charge < -0.3 is 10.2 Å². The maximum atomic E-state index is 6.07. The van der Waals surface area contributed by atoms with Gasteiger partial charge in [-0.2, -0.15) is 0 Å². The van der Waals surface area contributed by atoms with E-state index in [2.05, 4.69) is 24.0 Å². The standard InChI is InChI=1S/C16H16N2O/c1-9-5-4-6-12(7-9)16-18-14-11(3)8-10(2)13(17)15(14)19-16/h4-8H,17H2,1-3H3. The Morgan fingerprint density at radius 1 is 1.05 bits per heavy atom. The number of fused-ring (bicyclic) bond motifs is 1. The molecule has 0 saturated carbocycles. The van der Waals surface area contributed by atoms with E-state index < -0.39 is 0 Å². The molecule has 3 nitrogen and oxygen atoms in total. The maximum Gasteiger partial charge on any atom is 0.227 e. The Balaban J connectivity index is 2.28. The van der Waals surface area contributed by atoms with Gasteiger partial charge in [0, 0.05) is 5.56 Å². The van der Waals surface area contributed by atoms with Crippen LogP contribution < -0.4 is 5.73 Å². The van der Waals surface area contributed by atoms with E-state index >= 15 is 0 Å². The highest BCUT2D eigenvalue weighted by molar-refractivity contribution is 5.90. The van der Waals surface area contributed by atoms with Crippen molar-refractivity contribution in [2.24, 2.45) is 0 Å². The number of rotatable bonds is 1. The van der Waals surface area contributed by atoms with Gasteiger partial charge in [0.25, 0.3) is 0 Å². The molecule has 3 rings (SSSR count). The quantitative estimate of drug-likeness (QED) is 0.666. The van der Waals surface area contributed by atoms with Crippen LogP contribution in [0.4, 0.5) is 5.69 Å². The van der Waals surface area contributed by atoms with Crippen LogP contribution in [0.2, 0.25) is 0 Å². The molecule has 0 spiro atoms. The summed E-state index contributed by atoms with van der Waals surface area (Å²) in [6, 6.07) is 10.1. The van der Waals surface area contributed by atoms with Crippen LogP contribution in [0.3, 0.4) is 0 Å². The SMILES string of the molecule is Cc1cccc(-c2nc3c(C)cc(C)c(N)c3o2)c1. The summed E-state index contributed by atoms with van der Waals surface area (Å²) in [5, 5.41) is 0. The minimum absolute atomic E-state index is 0.624. The van der Waals surface area contributed by atoms with Gasteiger partial charge in [-0.15, -0.1) is 0 Å². The summed E-state index contributed by atoms with van der Waals surface area (Å²) in [6.45, 7) is 6.06. The maximum absolute atomic E-state index is 6.07. The van der Waals surface area contributed by atoms with Gasteiger partial charge in [0.2, 0.25) is 5.89 Å². The Kier molecular flexibility index (Phi) is 2.56. The van der Waals surface area contributed by atoms with Crippen LogP contribution in [0.5, 0.6) is 0 Å². The number of oxazole rings is 1. The molecule has 2 aromatic carbocycles. The first-order chi connectivity index (χ1) is 9.06. The molecule has 0 aliphatic heterocycles. The molecule has 0 aliphatic carbocycles. The average molecular weight is 252 g/mol. The lowest BCUT2D eigenvalue weighted by atomic mass is 10.1. The van der Waals surface area contributed by atoms with Crippen LogP contribution in [-0.4, -0.2) is 4.98 Å². The number of aryl methyl sites for hydroxylation is 3. The molecule has 0 atom stereocenters. The smallest absolute Gasteiger partial charge is 0.227 e. The second-order valence-corrected chi connectivity index (χ2v) is 4.99. The normalized spacial score (nSPS) is 11.1. The van der Waals surface area contributed by atoms with Gasteiger partial charge in [-0.3, -0.25) is 0 Å². The number of hydrogen-bond donors (Lipinski definition) is 1. The Labute approximate surface area is 112 Å². The van der Waals surface area contributed by atoms with E-state index in [1.54, 1.807) is 0 Å². The predicted octanol–water partition coefficient (Wildman–Crippen LogP) is 4.00. The zero-order chi connectivity index (χ0) is 13.6. The molecule has 0 unspecified atom stereocenters. The third-order valence-corrected chi connectivity index (χ3v) is 3.37. The molecular formula is C16H16N2O. The number of aromatic nitrogens is 1. The van der Waals surface area contributed by atoms with Gasteiger partial charge in [-0.25, -0.2) is 4.98 Å². The van der Waals surface area contributed by atoms with Gasteiger partial charge in [0.05, 0.1) is 5.69 Å². The zero-order valence-electron chi connectivity index (χ0n) is 11.3. The Bertz CT molecular complexity index is 772. The topological polar surface area (TPSA) is 52.0 Å². The van der Waals surface area contributed by atoms with E-state index in [1.807, 2.05) is 32.0 Å². The number of hydrogen-bond acceptors (Lipinski definition) is 3. The van der Waals surface area contributed by atoms with Crippen molar-refractivity contribution in [1.82, 2.24) is 4.98 Å². The van der Waals surface area contributed by atoms with Crippen molar-refractivity contribution >= 4 is 16.8 Å². The molecule has 1 aromatic heterocycles. The molecule has 1 heterocycles. The fourth-order valence-electron chi connectivity index (χ4n) is 2.32. The highest BCUT2D eigenvalue weighted by Gasteiger charge is 2.14. The predicted molar refractivity (Wildman–Crippen MR) is 78.1 cm³/mol. The Hall–Kier alpha value is -2.29. The number of anilines is 1. The largest absolute Gasteiger partial charge is 0.434 e. The minimum atomic E-state index is 0.624. The molecule has 0 amide bonds. The summed E-state index contributed by atoms with van der Waals surface area (Å²) in [6.07, 6.45) is 0. The van der Waals surface area contributed by atoms with Crippen LogP contribution in [0.15, 0.2) is 34.7 Å². The molecular weight excluding hydrogens is 236 g/mol. The molecule has 0 aliphatic rings. The van der Waals surface area contributed by atoms with Crippen LogP contribution in [0.25, 0.3) is 22.6 Å². The lowest BCUT2D eigenvalue weighted by Gasteiger charge is -2.01. The molecule has 3 aromatic rings. The molecule has 0 bridgehead atoms. The Morgan fingerprint density at radius 2 is 1.84 bits per heavy atom. The number of nitrogens with zero attached hydrogens (tertiary/aromatic N) is 1. The fraction of sp³-hybridized carbons (Fsp3) is 0.188. The van der Waals surface area contributed by atoms with E-state index in [1.165, 1.54) is 5.56 Å². The third-order valence-electron chi connectivity index (χ3n) is 3.37. The molecule has 19 heavy (non-hydrogen) atoms. The van der Waals surface area contributed by atoms with Crippen molar-refractivity contribution in [2.75, 3.05) is 5.73 Å². The van der Waals surface area contributed by atoms with Crippen molar-refractivity contribution in [1.29, 1.82) is 0 Å². The van der Waals surface area contributed by atoms with Crippen molar-refractivity contribution in [2.45, 2.75) is 20.8 Å². The average Bonchev–Trinajstić information content (AvgIpc) is 2.82.